The highest BCUT2D eigenvalue weighted by atomic mass is 28.3. The minimum Gasteiger partial charge on any atom is -0.294 e. The van der Waals surface area contributed by atoms with Crippen LogP contribution in [-0.4, -0.2) is 31.2 Å². The van der Waals surface area contributed by atoms with Crippen LogP contribution in [0.2, 0.25) is 0 Å². The molecule has 0 saturated carbocycles. The van der Waals surface area contributed by atoms with Crippen molar-refractivity contribution >= 4 is 52.0 Å². The molecule has 0 heterocycles. The lowest BCUT2D eigenvalue weighted by Crippen LogP contribution is -2.74. The third-order valence-corrected chi connectivity index (χ3v) is 12.6. The first-order valence-electron chi connectivity index (χ1n) is 14.3. The number of carbonyl (C=O) groups is 4. The average Bonchev–Trinajstić information content (AvgIpc) is 3.04. The van der Waals surface area contributed by atoms with E-state index in [2.05, 4.69) is 0 Å². The van der Waals surface area contributed by atoms with Gasteiger partial charge in [-0.1, -0.05) is 125 Å². The highest BCUT2D eigenvalue weighted by Crippen LogP contribution is 2.15. The number of benzene rings is 4. The first kappa shape index (κ1) is 29.8. The Labute approximate surface area is 243 Å². The van der Waals surface area contributed by atoms with E-state index in [1.807, 2.05) is 125 Å². The summed E-state index contributed by atoms with van der Waals surface area (Å²) >= 11 is 0. The Morgan fingerprint density at radius 3 is 0.683 bits per heavy atom. The van der Waals surface area contributed by atoms with Gasteiger partial charge in [0.05, 0.1) is 0 Å². The molecular formula is C36H36O4Si. The van der Waals surface area contributed by atoms with E-state index in [0.29, 0.717) is 47.9 Å². The summed E-state index contributed by atoms with van der Waals surface area (Å²) in [6, 6.07) is 31.4. The van der Waals surface area contributed by atoms with E-state index in [0.717, 1.165) is 20.7 Å². The molecule has 0 bridgehead atoms. The summed E-state index contributed by atoms with van der Waals surface area (Å²) in [5.41, 5.74) is 2.65. The standard InChI is InChI=1S/C36H36O4Si/c1-5-33(37)25-9-17-29(18-10-25)41(30-19-11-26(12-20-30)34(38)6-2,31-21-13-27(14-22-31)35(39)7-3)32-23-15-28(16-24-32)36(40)8-4/h9-24H,5-8H2,1-4H3. The van der Waals surface area contributed by atoms with Gasteiger partial charge in [-0.25, -0.2) is 0 Å². The number of ketones is 4. The van der Waals surface area contributed by atoms with Crippen LogP contribution in [0, 0.1) is 0 Å². The molecule has 0 radical (unpaired) electrons. The quantitative estimate of drug-likeness (QED) is 0.132. The highest BCUT2D eigenvalue weighted by molar-refractivity contribution is 7.19. The predicted octanol–water partition coefficient (Wildman–Crippen LogP) is 5.43. The fourth-order valence-corrected chi connectivity index (χ4v) is 10.1. The van der Waals surface area contributed by atoms with E-state index < -0.39 is 8.07 Å². The molecule has 4 nitrogen and oxygen atoms in total. The smallest absolute Gasteiger partial charge is 0.179 e. The largest absolute Gasteiger partial charge is 0.294 e. The van der Waals surface area contributed by atoms with Gasteiger partial charge in [0.15, 0.2) is 31.2 Å². The summed E-state index contributed by atoms with van der Waals surface area (Å²) in [7, 11) is -3.02. The maximum Gasteiger partial charge on any atom is 0.179 e. The van der Waals surface area contributed by atoms with Gasteiger partial charge in [0.1, 0.15) is 0 Å². The molecule has 0 spiro atoms. The van der Waals surface area contributed by atoms with E-state index in [9.17, 15) is 19.2 Å². The van der Waals surface area contributed by atoms with Crippen molar-refractivity contribution in [3.63, 3.8) is 0 Å². The molecule has 0 aromatic heterocycles. The Morgan fingerprint density at radius 1 is 0.366 bits per heavy atom. The van der Waals surface area contributed by atoms with Crippen molar-refractivity contribution in [1.82, 2.24) is 0 Å². The SMILES string of the molecule is CCC(=O)c1ccc([Si](c2ccc(C(=O)CC)cc2)(c2ccc(C(=O)CC)cc2)c2ccc(C(=O)CC)cc2)cc1. The van der Waals surface area contributed by atoms with Gasteiger partial charge in [0.25, 0.3) is 0 Å². The Hall–Kier alpha value is -4.22. The molecule has 0 aliphatic carbocycles. The number of Topliss-reactive ketones (excluding diaryl/α,β-unsaturated/α-hetero) is 4. The van der Waals surface area contributed by atoms with Gasteiger partial charge < -0.3 is 0 Å². The Kier molecular flexibility index (Phi) is 9.41. The minimum absolute atomic E-state index is 0.0797. The molecule has 0 fully saturated rings. The van der Waals surface area contributed by atoms with Crippen molar-refractivity contribution < 1.29 is 19.2 Å². The topological polar surface area (TPSA) is 68.3 Å². The second-order valence-corrected chi connectivity index (χ2v) is 14.0. The molecular weight excluding hydrogens is 524 g/mol. The van der Waals surface area contributed by atoms with Crippen molar-refractivity contribution in [3.8, 4) is 0 Å². The monoisotopic (exact) mass is 560 g/mol. The van der Waals surface area contributed by atoms with Crippen molar-refractivity contribution in [3.05, 3.63) is 119 Å². The molecule has 0 N–H and O–H groups in total. The van der Waals surface area contributed by atoms with Gasteiger partial charge in [0, 0.05) is 47.9 Å². The van der Waals surface area contributed by atoms with Crippen LogP contribution < -0.4 is 20.7 Å². The van der Waals surface area contributed by atoms with Crippen molar-refractivity contribution in [2.45, 2.75) is 53.4 Å². The summed E-state index contributed by atoms with van der Waals surface area (Å²) in [5, 5.41) is 4.24. The minimum atomic E-state index is -3.02. The first-order valence-corrected chi connectivity index (χ1v) is 16.3. The van der Waals surface area contributed by atoms with Crippen LogP contribution in [0.1, 0.15) is 94.8 Å². The van der Waals surface area contributed by atoms with Crippen LogP contribution in [-0.2, 0) is 0 Å². The zero-order valence-electron chi connectivity index (χ0n) is 24.2. The van der Waals surface area contributed by atoms with Gasteiger partial charge in [-0.3, -0.25) is 19.2 Å². The fourth-order valence-electron chi connectivity index (χ4n) is 5.44. The van der Waals surface area contributed by atoms with Crippen molar-refractivity contribution in [2.75, 3.05) is 0 Å². The van der Waals surface area contributed by atoms with E-state index in [1.54, 1.807) is 0 Å². The number of carbonyl (C=O) groups excluding carboxylic acids is 4. The summed E-state index contributed by atoms with van der Waals surface area (Å²) in [4.78, 5) is 50.0. The summed E-state index contributed by atoms with van der Waals surface area (Å²) < 4.78 is 0. The molecule has 0 saturated heterocycles. The first-order chi connectivity index (χ1) is 19.8. The molecule has 4 aromatic carbocycles. The molecule has 0 amide bonds. The third kappa shape index (κ3) is 5.82. The van der Waals surface area contributed by atoms with Crippen LogP contribution in [0.3, 0.4) is 0 Å². The summed E-state index contributed by atoms with van der Waals surface area (Å²) in [5.74, 6) is 0.319. The molecule has 41 heavy (non-hydrogen) atoms. The van der Waals surface area contributed by atoms with Gasteiger partial charge >= 0.3 is 0 Å². The van der Waals surface area contributed by atoms with Crippen LogP contribution in [0.5, 0.6) is 0 Å². The van der Waals surface area contributed by atoms with Crippen LogP contribution >= 0.6 is 0 Å². The van der Waals surface area contributed by atoms with Crippen molar-refractivity contribution in [1.29, 1.82) is 0 Å². The lowest BCUT2D eigenvalue weighted by Gasteiger charge is -2.35. The van der Waals surface area contributed by atoms with E-state index in [4.69, 9.17) is 0 Å². The van der Waals surface area contributed by atoms with Crippen molar-refractivity contribution in [2.24, 2.45) is 0 Å². The molecule has 0 aliphatic rings. The Balaban J connectivity index is 2.05. The zero-order chi connectivity index (χ0) is 29.6. The molecule has 0 atom stereocenters. The van der Waals surface area contributed by atoms with Crippen LogP contribution in [0.15, 0.2) is 97.1 Å². The summed E-state index contributed by atoms with van der Waals surface area (Å²) in [6.07, 6.45) is 1.70. The average molecular weight is 561 g/mol. The fraction of sp³-hybridized carbons (Fsp3) is 0.222. The Bertz CT molecular complexity index is 1300. The lowest BCUT2D eigenvalue weighted by molar-refractivity contribution is 0.0980. The molecule has 5 heteroatoms. The maximum absolute atomic E-state index is 12.5. The second-order valence-electron chi connectivity index (χ2n) is 10.2. The molecule has 4 rings (SSSR count). The lowest BCUT2D eigenvalue weighted by atomic mass is 10.1. The predicted molar refractivity (Wildman–Crippen MR) is 169 cm³/mol. The maximum atomic E-state index is 12.5. The van der Waals surface area contributed by atoms with Gasteiger partial charge in [-0.15, -0.1) is 0 Å². The number of rotatable bonds is 12. The normalized spacial score (nSPS) is 11.2. The van der Waals surface area contributed by atoms with Crippen LogP contribution in [0.4, 0.5) is 0 Å². The van der Waals surface area contributed by atoms with Crippen LogP contribution in [0.25, 0.3) is 0 Å². The molecule has 0 aliphatic heterocycles. The van der Waals surface area contributed by atoms with E-state index in [-0.39, 0.29) is 23.1 Å². The molecule has 0 unspecified atom stereocenters. The van der Waals surface area contributed by atoms with E-state index in [1.165, 1.54) is 0 Å². The molecule has 208 valence electrons. The molecule has 4 aromatic rings. The Morgan fingerprint density at radius 2 is 0.537 bits per heavy atom. The van der Waals surface area contributed by atoms with Gasteiger partial charge in [-0.05, 0) is 20.7 Å². The summed E-state index contributed by atoms with van der Waals surface area (Å²) in [6.45, 7) is 7.42. The van der Waals surface area contributed by atoms with Gasteiger partial charge in [-0.2, -0.15) is 0 Å². The van der Waals surface area contributed by atoms with Gasteiger partial charge in [0.2, 0.25) is 0 Å². The van der Waals surface area contributed by atoms with E-state index >= 15 is 0 Å². The number of hydrogen-bond acceptors (Lipinski definition) is 4. The highest BCUT2D eigenvalue weighted by Gasteiger charge is 2.41. The second kappa shape index (κ2) is 13.0. The zero-order valence-corrected chi connectivity index (χ0v) is 25.2. The third-order valence-electron chi connectivity index (χ3n) is 7.84. The number of hydrogen-bond donors (Lipinski definition) is 0.